The van der Waals surface area contributed by atoms with Gasteiger partial charge in [0.15, 0.2) is 0 Å². The van der Waals surface area contributed by atoms with Crippen LogP contribution in [0.4, 0.5) is 0 Å². The summed E-state index contributed by atoms with van der Waals surface area (Å²) in [5.74, 6) is -0.00236. The molecule has 0 heterocycles. The van der Waals surface area contributed by atoms with Crippen LogP contribution in [0, 0.1) is 0 Å². The van der Waals surface area contributed by atoms with Gasteiger partial charge in [-0.05, 0) is 19.4 Å². The summed E-state index contributed by atoms with van der Waals surface area (Å²) in [6.07, 6.45) is 0.580. The number of nitrogens with two attached hydrogens (primary N) is 1. The number of carbonyl (C=O) groups excluding carboxylic acids is 1. The highest BCUT2D eigenvalue weighted by Gasteiger charge is 2.20. The molecule has 0 spiro atoms. The van der Waals surface area contributed by atoms with Crippen LogP contribution in [0.2, 0.25) is 0 Å². The van der Waals surface area contributed by atoms with E-state index in [0.717, 1.165) is 5.56 Å². The Labute approximate surface area is 114 Å². The lowest BCUT2D eigenvalue weighted by molar-refractivity contribution is -0.132. The number of thiocarbonyl (C=S) groups is 1. The number of likely N-dealkylation sites (N-methyl/N-ethyl adjacent to an activating group) is 1. The second kappa shape index (κ2) is 7.11. The predicted octanol–water partition coefficient (Wildman–Crippen LogP) is 2.31. The van der Waals surface area contributed by atoms with E-state index in [1.165, 1.54) is 0 Å². The van der Waals surface area contributed by atoms with Gasteiger partial charge >= 0.3 is 0 Å². The molecule has 0 saturated heterocycles. The maximum atomic E-state index is 12.3. The largest absolute Gasteiger partial charge is 0.393 e. The van der Waals surface area contributed by atoms with E-state index in [9.17, 15) is 4.79 Å². The van der Waals surface area contributed by atoms with E-state index >= 15 is 0 Å². The third-order valence-corrected chi connectivity index (χ3v) is 3.20. The van der Waals surface area contributed by atoms with Crippen LogP contribution in [0.5, 0.6) is 0 Å². The van der Waals surface area contributed by atoms with E-state index in [-0.39, 0.29) is 11.8 Å². The number of carbonyl (C=O) groups is 1. The molecule has 18 heavy (non-hydrogen) atoms. The number of hydrogen-bond donors (Lipinski definition) is 1. The summed E-state index contributed by atoms with van der Waals surface area (Å²) in [6, 6.07) is 9.80. The summed E-state index contributed by atoms with van der Waals surface area (Å²) in [7, 11) is 0. The van der Waals surface area contributed by atoms with Crippen LogP contribution in [0.3, 0.4) is 0 Å². The first kappa shape index (κ1) is 14.6. The molecule has 0 saturated carbocycles. The molecule has 1 amide bonds. The van der Waals surface area contributed by atoms with E-state index in [1.807, 2.05) is 44.2 Å². The Hall–Kier alpha value is -1.42. The maximum absolute atomic E-state index is 12.3. The highest BCUT2D eigenvalue weighted by Crippen LogP contribution is 2.17. The number of hydrogen-bond acceptors (Lipinski definition) is 2. The molecule has 4 heteroatoms. The van der Waals surface area contributed by atoms with Gasteiger partial charge in [-0.2, -0.15) is 0 Å². The molecule has 3 nitrogen and oxygen atoms in total. The van der Waals surface area contributed by atoms with Gasteiger partial charge in [-0.25, -0.2) is 0 Å². The minimum Gasteiger partial charge on any atom is -0.393 e. The molecule has 0 aliphatic heterocycles. The lowest BCUT2D eigenvalue weighted by Crippen LogP contribution is -2.36. The number of nitrogens with zero attached hydrogens (tertiary/aromatic N) is 1. The van der Waals surface area contributed by atoms with E-state index in [0.29, 0.717) is 24.5 Å². The maximum Gasteiger partial charge on any atom is 0.229 e. The molecule has 2 N–H and O–H groups in total. The van der Waals surface area contributed by atoms with Gasteiger partial charge < -0.3 is 10.6 Å². The van der Waals surface area contributed by atoms with Gasteiger partial charge in [-0.15, -0.1) is 0 Å². The molecule has 0 bridgehead atoms. The zero-order valence-corrected chi connectivity index (χ0v) is 11.7. The molecule has 0 aromatic heterocycles. The Morgan fingerprint density at radius 2 is 2.00 bits per heavy atom. The third kappa shape index (κ3) is 4.11. The lowest BCUT2D eigenvalue weighted by Gasteiger charge is -2.24. The van der Waals surface area contributed by atoms with Crippen LogP contribution in [-0.2, 0) is 4.79 Å². The van der Waals surface area contributed by atoms with Gasteiger partial charge in [0.05, 0.1) is 10.9 Å². The standard InChI is InChI=1S/C14H20N2OS/c1-3-16(10-9-13(15)18)14(17)11(2)12-7-5-4-6-8-12/h4-8,11H,3,9-10H2,1-2H3,(H2,15,18). The smallest absolute Gasteiger partial charge is 0.229 e. The molecule has 0 aliphatic rings. The van der Waals surface area contributed by atoms with Crippen molar-refractivity contribution in [2.24, 2.45) is 5.73 Å². The number of benzene rings is 1. The average Bonchev–Trinajstić information content (AvgIpc) is 2.39. The van der Waals surface area contributed by atoms with Crippen molar-refractivity contribution < 1.29 is 4.79 Å². The highest BCUT2D eigenvalue weighted by molar-refractivity contribution is 7.80. The molecule has 0 aliphatic carbocycles. The SMILES string of the molecule is CCN(CCC(N)=S)C(=O)C(C)c1ccccc1. The van der Waals surface area contributed by atoms with E-state index in [4.69, 9.17) is 18.0 Å². The van der Waals surface area contributed by atoms with Crippen molar-refractivity contribution in [3.63, 3.8) is 0 Å². The highest BCUT2D eigenvalue weighted by atomic mass is 32.1. The topological polar surface area (TPSA) is 46.3 Å². The summed E-state index contributed by atoms with van der Waals surface area (Å²) >= 11 is 4.85. The summed E-state index contributed by atoms with van der Waals surface area (Å²) in [5, 5.41) is 0. The van der Waals surface area contributed by atoms with Crippen molar-refractivity contribution in [3.05, 3.63) is 35.9 Å². The van der Waals surface area contributed by atoms with Crippen molar-refractivity contribution in [3.8, 4) is 0 Å². The van der Waals surface area contributed by atoms with Crippen molar-refractivity contribution >= 4 is 23.1 Å². The van der Waals surface area contributed by atoms with Crippen molar-refractivity contribution in [1.29, 1.82) is 0 Å². The second-order valence-corrected chi connectivity index (χ2v) is 4.79. The fourth-order valence-corrected chi connectivity index (χ4v) is 1.92. The van der Waals surface area contributed by atoms with E-state index < -0.39 is 0 Å². The molecule has 1 aromatic rings. The van der Waals surface area contributed by atoms with Gasteiger partial charge in [0.2, 0.25) is 5.91 Å². The number of rotatable bonds is 6. The van der Waals surface area contributed by atoms with Crippen LogP contribution < -0.4 is 5.73 Å². The Kier molecular flexibility index (Phi) is 5.78. The summed E-state index contributed by atoms with van der Waals surface area (Å²) in [4.78, 5) is 14.6. The molecule has 1 aromatic carbocycles. The van der Waals surface area contributed by atoms with Crippen LogP contribution in [-0.4, -0.2) is 28.9 Å². The zero-order chi connectivity index (χ0) is 13.5. The Balaban J connectivity index is 2.69. The van der Waals surface area contributed by atoms with E-state index in [2.05, 4.69) is 0 Å². The van der Waals surface area contributed by atoms with E-state index in [1.54, 1.807) is 4.90 Å². The van der Waals surface area contributed by atoms with Crippen molar-refractivity contribution in [2.45, 2.75) is 26.2 Å². The summed E-state index contributed by atoms with van der Waals surface area (Å²) in [6.45, 7) is 5.18. The monoisotopic (exact) mass is 264 g/mol. The van der Waals surface area contributed by atoms with Crippen LogP contribution in [0.1, 0.15) is 31.7 Å². The molecular formula is C14H20N2OS. The first-order chi connectivity index (χ1) is 8.56. The predicted molar refractivity (Wildman–Crippen MR) is 78.5 cm³/mol. The van der Waals surface area contributed by atoms with Crippen molar-refractivity contribution in [2.75, 3.05) is 13.1 Å². The molecule has 1 rings (SSSR count). The second-order valence-electron chi connectivity index (χ2n) is 4.27. The van der Waals surface area contributed by atoms with Crippen LogP contribution in [0.15, 0.2) is 30.3 Å². The third-order valence-electron chi connectivity index (χ3n) is 2.99. The Bertz CT molecular complexity index is 406. The van der Waals surface area contributed by atoms with Gasteiger partial charge in [0.25, 0.3) is 0 Å². The Morgan fingerprint density at radius 3 is 2.50 bits per heavy atom. The quantitative estimate of drug-likeness (QED) is 0.802. The summed E-state index contributed by atoms with van der Waals surface area (Å²) < 4.78 is 0. The molecule has 0 fully saturated rings. The normalized spacial score (nSPS) is 11.9. The average molecular weight is 264 g/mol. The molecular weight excluding hydrogens is 244 g/mol. The molecule has 1 atom stereocenters. The Morgan fingerprint density at radius 1 is 1.39 bits per heavy atom. The van der Waals surface area contributed by atoms with Crippen molar-refractivity contribution in [1.82, 2.24) is 4.90 Å². The lowest BCUT2D eigenvalue weighted by atomic mass is 10.00. The molecule has 1 unspecified atom stereocenters. The van der Waals surface area contributed by atoms with Gasteiger partial charge in [-0.1, -0.05) is 42.5 Å². The van der Waals surface area contributed by atoms with Gasteiger partial charge in [0, 0.05) is 19.5 Å². The molecule has 98 valence electrons. The van der Waals surface area contributed by atoms with Gasteiger partial charge in [0.1, 0.15) is 0 Å². The minimum atomic E-state index is -0.127. The minimum absolute atomic E-state index is 0.125. The number of amides is 1. The van der Waals surface area contributed by atoms with Crippen LogP contribution >= 0.6 is 12.2 Å². The summed E-state index contributed by atoms with van der Waals surface area (Å²) in [5.41, 5.74) is 6.51. The first-order valence-corrected chi connectivity index (χ1v) is 6.59. The first-order valence-electron chi connectivity index (χ1n) is 6.18. The fourth-order valence-electron chi connectivity index (χ4n) is 1.83. The van der Waals surface area contributed by atoms with Crippen LogP contribution in [0.25, 0.3) is 0 Å². The fraction of sp³-hybridized carbons (Fsp3) is 0.429. The van der Waals surface area contributed by atoms with Gasteiger partial charge in [-0.3, -0.25) is 4.79 Å². The molecule has 0 radical (unpaired) electrons. The zero-order valence-electron chi connectivity index (χ0n) is 10.9.